The number of halogens is 1. The van der Waals surface area contributed by atoms with Gasteiger partial charge in [-0.1, -0.05) is 18.2 Å². The lowest BCUT2D eigenvalue weighted by atomic mass is 10.1. The van der Waals surface area contributed by atoms with Gasteiger partial charge in [0.1, 0.15) is 11.9 Å². The molecule has 0 aliphatic heterocycles. The number of para-hydroxylation sites is 2. The zero-order valence-electron chi connectivity index (χ0n) is 11.7. The summed E-state index contributed by atoms with van der Waals surface area (Å²) in [6, 6.07) is 14.2. The van der Waals surface area contributed by atoms with Crippen molar-refractivity contribution in [1.29, 1.82) is 5.26 Å². The lowest BCUT2D eigenvalue weighted by molar-refractivity contribution is -0.385. The van der Waals surface area contributed by atoms with Crippen molar-refractivity contribution in [3.63, 3.8) is 0 Å². The third kappa shape index (κ3) is 2.98. The highest BCUT2D eigenvalue weighted by atomic mass is 79.9. The molecule has 0 amide bonds. The first-order valence-corrected chi connectivity index (χ1v) is 7.38. The van der Waals surface area contributed by atoms with Gasteiger partial charge in [0.25, 0.3) is 5.69 Å². The Morgan fingerprint density at radius 1 is 1.35 bits per heavy atom. The zero-order chi connectivity index (χ0) is 16.4. The Bertz CT molecular complexity index is 952. The number of hydrogen-bond acceptors (Lipinski definition) is 4. The molecular formula is C16H9BrN4O2. The maximum absolute atomic E-state index is 11.0. The first-order valence-electron chi connectivity index (χ1n) is 6.59. The number of fused-ring (bicyclic) bond motifs is 1. The molecule has 1 aromatic heterocycles. The number of imidazole rings is 1. The van der Waals surface area contributed by atoms with E-state index in [0.717, 1.165) is 11.0 Å². The average Bonchev–Trinajstić information content (AvgIpc) is 2.97. The van der Waals surface area contributed by atoms with E-state index in [9.17, 15) is 15.4 Å². The highest BCUT2D eigenvalue weighted by Gasteiger charge is 2.13. The Kier molecular flexibility index (Phi) is 3.91. The second-order valence-electron chi connectivity index (χ2n) is 4.74. The lowest BCUT2D eigenvalue weighted by Crippen LogP contribution is -1.90. The summed E-state index contributed by atoms with van der Waals surface area (Å²) in [5.41, 5.74) is 2.38. The summed E-state index contributed by atoms with van der Waals surface area (Å²) in [7, 11) is 0. The van der Waals surface area contributed by atoms with Crippen molar-refractivity contribution in [2.24, 2.45) is 0 Å². The van der Waals surface area contributed by atoms with Gasteiger partial charge in [0.05, 0.1) is 26.0 Å². The number of hydrogen-bond donors (Lipinski definition) is 1. The molecule has 0 atom stereocenters. The van der Waals surface area contributed by atoms with Gasteiger partial charge < -0.3 is 4.98 Å². The number of nitriles is 1. The number of nitro benzene ring substituents is 1. The molecule has 23 heavy (non-hydrogen) atoms. The quantitative estimate of drug-likeness (QED) is 0.423. The van der Waals surface area contributed by atoms with Crippen molar-refractivity contribution in [3.05, 3.63) is 68.4 Å². The van der Waals surface area contributed by atoms with Gasteiger partial charge in [0, 0.05) is 6.07 Å². The second-order valence-corrected chi connectivity index (χ2v) is 5.59. The van der Waals surface area contributed by atoms with Crippen molar-refractivity contribution in [2.75, 3.05) is 0 Å². The number of aromatic amines is 1. The number of aromatic nitrogens is 2. The molecule has 1 heterocycles. The smallest absolute Gasteiger partial charge is 0.284 e. The average molecular weight is 369 g/mol. The summed E-state index contributed by atoms with van der Waals surface area (Å²) < 4.78 is 0.391. The minimum absolute atomic E-state index is 0.0550. The minimum atomic E-state index is -0.478. The van der Waals surface area contributed by atoms with Crippen LogP contribution in [0.25, 0.3) is 22.7 Å². The standard InChI is InChI=1S/C16H9BrN4O2/c17-12-6-5-10(8-15(12)21(22)23)7-11(9-18)16-19-13-3-1-2-4-14(13)20-16/h1-8H,(H,19,20)/b11-7+. The number of H-pyrrole nitrogens is 1. The summed E-state index contributed by atoms with van der Waals surface area (Å²) in [5, 5.41) is 20.4. The fraction of sp³-hybridized carbons (Fsp3) is 0. The molecule has 0 aliphatic carbocycles. The summed E-state index contributed by atoms with van der Waals surface area (Å²) in [4.78, 5) is 17.9. The molecule has 0 radical (unpaired) electrons. The minimum Gasteiger partial charge on any atom is -0.337 e. The van der Waals surface area contributed by atoms with E-state index in [0.29, 0.717) is 21.4 Å². The largest absolute Gasteiger partial charge is 0.337 e. The van der Waals surface area contributed by atoms with Gasteiger partial charge in [-0.2, -0.15) is 5.26 Å². The molecule has 7 heteroatoms. The Hall–Kier alpha value is -2.98. The van der Waals surface area contributed by atoms with E-state index in [4.69, 9.17) is 0 Å². The van der Waals surface area contributed by atoms with E-state index in [1.165, 1.54) is 6.07 Å². The van der Waals surface area contributed by atoms with E-state index >= 15 is 0 Å². The van der Waals surface area contributed by atoms with Gasteiger partial charge in [0.15, 0.2) is 0 Å². The molecule has 6 nitrogen and oxygen atoms in total. The second kappa shape index (κ2) is 6.02. The highest BCUT2D eigenvalue weighted by molar-refractivity contribution is 9.10. The van der Waals surface area contributed by atoms with Gasteiger partial charge in [-0.25, -0.2) is 4.98 Å². The predicted octanol–water partition coefficient (Wildman–Crippen LogP) is 4.30. The number of benzene rings is 2. The predicted molar refractivity (Wildman–Crippen MR) is 90.4 cm³/mol. The van der Waals surface area contributed by atoms with Crippen LogP contribution in [0.5, 0.6) is 0 Å². The molecule has 0 bridgehead atoms. The lowest BCUT2D eigenvalue weighted by Gasteiger charge is -1.99. The van der Waals surface area contributed by atoms with Crippen LogP contribution in [-0.4, -0.2) is 14.9 Å². The van der Waals surface area contributed by atoms with E-state index < -0.39 is 4.92 Å². The number of allylic oxidation sites excluding steroid dienone is 1. The van der Waals surface area contributed by atoms with Crippen LogP contribution in [0.1, 0.15) is 11.4 Å². The molecule has 1 N–H and O–H groups in total. The summed E-state index contributed by atoms with van der Waals surface area (Å²) >= 11 is 3.14. The fourth-order valence-corrected chi connectivity index (χ4v) is 2.55. The maximum atomic E-state index is 11.0. The van der Waals surface area contributed by atoms with Crippen LogP contribution in [0.2, 0.25) is 0 Å². The number of rotatable bonds is 3. The van der Waals surface area contributed by atoms with Gasteiger partial charge in [-0.15, -0.1) is 0 Å². The third-order valence-electron chi connectivity index (χ3n) is 3.24. The van der Waals surface area contributed by atoms with Crippen LogP contribution >= 0.6 is 15.9 Å². The Labute approximate surface area is 139 Å². The summed E-state index contributed by atoms with van der Waals surface area (Å²) in [6.07, 6.45) is 1.57. The summed E-state index contributed by atoms with van der Waals surface area (Å²) in [6.45, 7) is 0. The van der Waals surface area contributed by atoms with Crippen molar-refractivity contribution in [2.45, 2.75) is 0 Å². The number of nitrogens with one attached hydrogen (secondary N) is 1. The normalized spacial score (nSPS) is 11.4. The fourth-order valence-electron chi connectivity index (χ4n) is 2.16. The highest BCUT2D eigenvalue weighted by Crippen LogP contribution is 2.27. The molecule has 2 aromatic carbocycles. The van der Waals surface area contributed by atoms with Crippen LogP contribution in [0.3, 0.4) is 0 Å². The van der Waals surface area contributed by atoms with Crippen LogP contribution in [0.15, 0.2) is 46.9 Å². The summed E-state index contributed by atoms with van der Waals surface area (Å²) in [5.74, 6) is 0.430. The van der Waals surface area contributed by atoms with E-state index in [2.05, 4.69) is 32.0 Å². The SMILES string of the molecule is N#C/C(=C\c1ccc(Br)c([N+](=O)[O-])c1)c1nc2ccccc2[nH]1. The van der Waals surface area contributed by atoms with Crippen LogP contribution in [0, 0.1) is 21.4 Å². The zero-order valence-corrected chi connectivity index (χ0v) is 13.2. The number of nitrogens with zero attached hydrogens (tertiary/aromatic N) is 3. The van der Waals surface area contributed by atoms with Gasteiger partial charge in [-0.3, -0.25) is 10.1 Å². The van der Waals surface area contributed by atoms with Crippen molar-refractivity contribution in [1.82, 2.24) is 9.97 Å². The Morgan fingerprint density at radius 3 is 2.83 bits per heavy atom. The molecule has 112 valence electrons. The molecule has 3 aromatic rings. The third-order valence-corrected chi connectivity index (χ3v) is 3.91. The van der Waals surface area contributed by atoms with Crippen LogP contribution in [0.4, 0.5) is 5.69 Å². The van der Waals surface area contributed by atoms with Gasteiger partial charge in [-0.05, 0) is 45.8 Å². The first kappa shape index (κ1) is 14.9. The van der Waals surface area contributed by atoms with Crippen LogP contribution < -0.4 is 0 Å². The molecule has 0 saturated carbocycles. The topological polar surface area (TPSA) is 95.6 Å². The maximum Gasteiger partial charge on any atom is 0.284 e. The molecule has 0 unspecified atom stereocenters. The van der Waals surface area contributed by atoms with Crippen LogP contribution in [-0.2, 0) is 0 Å². The Balaban J connectivity index is 2.07. The monoisotopic (exact) mass is 368 g/mol. The van der Waals surface area contributed by atoms with E-state index in [1.54, 1.807) is 18.2 Å². The molecule has 0 spiro atoms. The number of nitro groups is 1. The first-order chi connectivity index (χ1) is 11.1. The molecular weight excluding hydrogens is 360 g/mol. The van der Waals surface area contributed by atoms with Crippen molar-refractivity contribution < 1.29 is 4.92 Å². The van der Waals surface area contributed by atoms with Crippen molar-refractivity contribution >= 4 is 44.3 Å². The molecule has 0 saturated heterocycles. The van der Waals surface area contributed by atoms with E-state index in [1.807, 2.05) is 24.3 Å². The van der Waals surface area contributed by atoms with E-state index in [-0.39, 0.29) is 5.69 Å². The molecule has 0 aliphatic rings. The Morgan fingerprint density at radius 2 is 2.13 bits per heavy atom. The molecule has 3 rings (SSSR count). The molecule has 0 fully saturated rings. The van der Waals surface area contributed by atoms with Gasteiger partial charge in [0.2, 0.25) is 0 Å². The van der Waals surface area contributed by atoms with Gasteiger partial charge >= 0.3 is 0 Å². The van der Waals surface area contributed by atoms with Crippen molar-refractivity contribution in [3.8, 4) is 6.07 Å².